The van der Waals surface area contributed by atoms with Crippen molar-refractivity contribution in [3.63, 3.8) is 0 Å². The summed E-state index contributed by atoms with van der Waals surface area (Å²) in [5.74, 6) is -0.467. The summed E-state index contributed by atoms with van der Waals surface area (Å²) in [4.78, 5) is 8.97. The van der Waals surface area contributed by atoms with Crippen molar-refractivity contribution in [1.82, 2.24) is 20.1 Å². The molecule has 0 saturated carbocycles. The molecular weight excluding hydrogens is 412 g/mol. The third-order valence-corrected chi connectivity index (χ3v) is 6.33. The van der Waals surface area contributed by atoms with Gasteiger partial charge in [-0.2, -0.15) is 5.10 Å². The Morgan fingerprint density at radius 2 is 1.94 bits per heavy atom. The number of ether oxygens (including phenoxy) is 1. The fraction of sp³-hybridized carbons (Fsp3) is 0.250. The maximum atomic E-state index is 14.3. The van der Waals surface area contributed by atoms with E-state index in [4.69, 9.17) is 4.74 Å². The molecule has 32 heavy (non-hydrogen) atoms. The average molecular weight is 433 g/mol. The molecule has 2 aliphatic heterocycles. The number of benzene rings is 2. The van der Waals surface area contributed by atoms with E-state index in [1.165, 1.54) is 18.2 Å². The lowest BCUT2D eigenvalue weighted by molar-refractivity contribution is 0.188. The van der Waals surface area contributed by atoms with Gasteiger partial charge in [-0.3, -0.25) is 10.1 Å². The zero-order chi connectivity index (χ0) is 21.8. The largest absolute Gasteiger partial charge is 0.489 e. The van der Waals surface area contributed by atoms with E-state index in [1.54, 1.807) is 12.3 Å². The Morgan fingerprint density at radius 1 is 1.09 bits per heavy atom. The van der Waals surface area contributed by atoms with Crippen molar-refractivity contribution in [2.75, 3.05) is 38.2 Å². The third kappa shape index (κ3) is 3.02. The molecule has 1 unspecified atom stereocenters. The lowest BCUT2D eigenvalue weighted by atomic mass is 10.0. The van der Waals surface area contributed by atoms with E-state index in [-0.39, 0.29) is 11.3 Å². The quantitative estimate of drug-likeness (QED) is 0.516. The van der Waals surface area contributed by atoms with Gasteiger partial charge in [-0.25, -0.2) is 8.78 Å². The second-order valence-corrected chi connectivity index (χ2v) is 8.39. The first-order valence-electron chi connectivity index (χ1n) is 10.6. The van der Waals surface area contributed by atoms with Gasteiger partial charge in [0.15, 0.2) is 0 Å². The number of halogens is 2. The molecule has 1 atom stereocenters. The van der Waals surface area contributed by atoms with E-state index < -0.39 is 11.6 Å². The average Bonchev–Trinajstić information content (AvgIpc) is 3.21. The first kappa shape index (κ1) is 19.2. The van der Waals surface area contributed by atoms with E-state index in [2.05, 4.69) is 38.1 Å². The van der Waals surface area contributed by atoms with Gasteiger partial charge in [0, 0.05) is 30.6 Å². The van der Waals surface area contributed by atoms with Crippen molar-refractivity contribution in [1.29, 1.82) is 0 Å². The molecule has 0 bridgehead atoms. The number of hydrogen-bond acceptors (Lipinski definition) is 5. The van der Waals surface area contributed by atoms with Crippen LogP contribution in [0.5, 0.6) is 5.75 Å². The number of H-pyrrole nitrogens is 1. The second-order valence-electron chi connectivity index (χ2n) is 8.39. The first-order valence-corrected chi connectivity index (χ1v) is 10.6. The normalized spacial score (nSPS) is 18.3. The minimum absolute atomic E-state index is 0.142. The smallest absolute Gasteiger partial charge is 0.143 e. The number of hydrogen-bond donors (Lipinski definition) is 1. The van der Waals surface area contributed by atoms with Gasteiger partial charge in [-0.05, 0) is 37.4 Å². The summed E-state index contributed by atoms with van der Waals surface area (Å²) < 4.78 is 34.7. The molecule has 0 amide bonds. The number of likely N-dealkylation sites (N-methyl/N-ethyl adjacent to an activating group) is 1. The molecule has 0 radical (unpaired) electrons. The van der Waals surface area contributed by atoms with Crippen LogP contribution in [0.3, 0.4) is 0 Å². The monoisotopic (exact) mass is 433 g/mol. The van der Waals surface area contributed by atoms with Gasteiger partial charge in [0.2, 0.25) is 0 Å². The topological polar surface area (TPSA) is 57.3 Å². The van der Waals surface area contributed by atoms with Crippen LogP contribution in [0.4, 0.5) is 14.5 Å². The van der Waals surface area contributed by atoms with Crippen molar-refractivity contribution in [3.05, 3.63) is 60.3 Å². The van der Waals surface area contributed by atoms with Crippen molar-refractivity contribution in [3.8, 4) is 28.3 Å². The number of piperazine rings is 1. The summed E-state index contributed by atoms with van der Waals surface area (Å²) in [5.41, 5.74) is 3.43. The van der Waals surface area contributed by atoms with Crippen LogP contribution in [0.15, 0.2) is 48.7 Å². The number of pyridine rings is 1. The predicted octanol–water partition coefficient (Wildman–Crippen LogP) is 4.08. The standard InChI is InChI=1S/C24H21F2N5O/c1-30-7-8-31-15(12-30)13-32-22-9-14(5-6-21(22)31)24-16-10-19(27-11-20(16)28-29-24)23-17(25)3-2-4-18(23)26/h2-6,9-11,15H,7-8,12-13H2,1H3,(H,28,29). The van der Waals surface area contributed by atoms with Gasteiger partial charge in [0.25, 0.3) is 0 Å². The molecule has 4 aromatic rings. The molecule has 0 aliphatic carbocycles. The maximum absolute atomic E-state index is 14.3. The highest BCUT2D eigenvalue weighted by molar-refractivity contribution is 5.95. The number of aromatic amines is 1. The number of rotatable bonds is 2. The molecule has 162 valence electrons. The highest BCUT2D eigenvalue weighted by atomic mass is 19.1. The minimum atomic E-state index is -0.647. The fourth-order valence-electron chi connectivity index (χ4n) is 4.69. The highest BCUT2D eigenvalue weighted by Crippen LogP contribution is 2.39. The van der Waals surface area contributed by atoms with Crippen molar-refractivity contribution in [2.45, 2.75) is 6.04 Å². The molecule has 6 nitrogen and oxygen atoms in total. The Balaban J connectivity index is 1.42. The second kappa shape index (κ2) is 7.27. The molecule has 1 fully saturated rings. The van der Waals surface area contributed by atoms with Gasteiger partial charge < -0.3 is 14.5 Å². The molecule has 1 saturated heterocycles. The Hall–Kier alpha value is -3.52. The Bertz CT molecular complexity index is 1320. The molecule has 2 aromatic heterocycles. The van der Waals surface area contributed by atoms with Crippen LogP contribution in [0.1, 0.15) is 0 Å². The SMILES string of the molecule is CN1CCN2c3ccc(-c4n[nH]c5cnc(-c6c(F)cccc6F)cc45)cc3OCC2C1. The van der Waals surface area contributed by atoms with E-state index in [0.29, 0.717) is 23.9 Å². The van der Waals surface area contributed by atoms with Crippen LogP contribution >= 0.6 is 0 Å². The zero-order valence-corrected chi connectivity index (χ0v) is 17.5. The van der Waals surface area contributed by atoms with Crippen LogP contribution in [0.25, 0.3) is 33.4 Å². The van der Waals surface area contributed by atoms with Crippen molar-refractivity contribution >= 4 is 16.6 Å². The molecule has 0 spiro atoms. The fourth-order valence-corrected chi connectivity index (χ4v) is 4.69. The van der Waals surface area contributed by atoms with Crippen LogP contribution in [-0.4, -0.2) is 59.4 Å². The van der Waals surface area contributed by atoms with Crippen molar-refractivity contribution < 1.29 is 13.5 Å². The van der Waals surface area contributed by atoms with E-state index in [1.807, 2.05) is 12.1 Å². The van der Waals surface area contributed by atoms with Crippen LogP contribution in [0.2, 0.25) is 0 Å². The lowest BCUT2D eigenvalue weighted by Gasteiger charge is -2.44. The van der Waals surface area contributed by atoms with Gasteiger partial charge >= 0.3 is 0 Å². The lowest BCUT2D eigenvalue weighted by Crippen LogP contribution is -2.56. The number of nitrogens with zero attached hydrogens (tertiary/aromatic N) is 4. The van der Waals surface area contributed by atoms with Crippen molar-refractivity contribution in [2.24, 2.45) is 0 Å². The summed E-state index contributed by atoms with van der Waals surface area (Å²) >= 11 is 0. The summed E-state index contributed by atoms with van der Waals surface area (Å²) in [5, 5.41) is 8.17. The number of fused-ring (bicyclic) bond motifs is 4. The molecule has 2 aliphatic rings. The van der Waals surface area contributed by atoms with Crippen LogP contribution in [0, 0.1) is 11.6 Å². The van der Waals surface area contributed by atoms with Gasteiger partial charge in [0.05, 0.1) is 34.7 Å². The molecule has 4 heterocycles. The number of anilines is 1. The summed E-state index contributed by atoms with van der Waals surface area (Å²) in [7, 11) is 2.13. The number of nitrogens with one attached hydrogen (secondary N) is 1. The van der Waals surface area contributed by atoms with Crippen LogP contribution in [-0.2, 0) is 0 Å². The Kier molecular flexibility index (Phi) is 4.36. The molecule has 2 aromatic carbocycles. The molecule has 1 N–H and O–H groups in total. The van der Waals surface area contributed by atoms with Gasteiger partial charge in [-0.1, -0.05) is 12.1 Å². The Labute approximate surface area is 183 Å². The highest BCUT2D eigenvalue weighted by Gasteiger charge is 2.32. The maximum Gasteiger partial charge on any atom is 0.143 e. The van der Waals surface area contributed by atoms with E-state index in [9.17, 15) is 8.78 Å². The van der Waals surface area contributed by atoms with Gasteiger partial charge in [-0.15, -0.1) is 0 Å². The predicted molar refractivity (Wildman–Crippen MR) is 119 cm³/mol. The van der Waals surface area contributed by atoms with E-state index in [0.717, 1.165) is 42.0 Å². The molecule has 6 rings (SSSR count). The number of aromatic nitrogens is 3. The minimum Gasteiger partial charge on any atom is -0.489 e. The third-order valence-electron chi connectivity index (χ3n) is 6.33. The summed E-state index contributed by atoms with van der Waals surface area (Å²) in [6.07, 6.45) is 1.55. The van der Waals surface area contributed by atoms with Crippen LogP contribution < -0.4 is 9.64 Å². The van der Waals surface area contributed by atoms with Gasteiger partial charge in [0.1, 0.15) is 29.7 Å². The summed E-state index contributed by atoms with van der Waals surface area (Å²) in [6.45, 7) is 3.60. The molecule has 8 heteroatoms. The molecular formula is C24H21F2N5O. The van der Waals surface area contributed by atoms with E-state index >= 15 is 0 Å². The zero-order valence-electron chi connectivity index (χ0n) is 17.5. The summed E-state index contributed by atoms with van der Waals surface area (Å²) in [6, 6.07) is 11.9. The first-order chi connectivity index (χ1) is 15.6. The Morgan fingerprint density at radius 3 is 2.78 bits per heavy atom.